The zero-order valence-corrected chi connectivity index (χ0v) is 20.6. The van der Waals surface area contributed by atoms with Crippen molar-refractivity contribution in [3.8, 4) is 17.2 Å². The predicted molar refractivity (Wildman–Crippen MR) is 138 cm³/mol. The van der Waals surface area contributed by atoms with Gasteiger partial charge in [0.2, 0.25) is 0 Å². The van der Waals surface area contributed by atoms with Crippen LogP contribution in [0.2, 0.25) is 10.0 Å². The van der Waals surface area contributed by atoms with Crippen LogP contribution in [0.4, 0.5) is 5.69 Å². The van der Waals surface area contributed by atoms with Crippen LogP contribution in [0, 0.1) is 0 Å². The summed E-state index contributed by atoms with van der Waals surface area (Å²) in [6, 6.07) is 18.0. The van der Waals surface area contributed by atoms with Crippen molar-refractivity contribution < 1.29 is 19.0 Å². The molecular weight excluding hydrogens is 495 g/mol. The molecule has 1 fully saturated rings. The molecule has 0 unspecified atom stereocenters. The van der Waals surface area contributed by atoms with Crippen molar-refractivity contribution in [2.45, 2.75) is 6.61 Å². The van der Waals surface area contributed by atoms with Crippen molar-refractivity contribution in [2.24, 2.45) is 4.99 Å². The number of thioether (sulfide) groups is 1. The van der Waals surface area contributed by atoms with Gasteiger partial charge in [-0.15, -0.1) is 0 Å². The van der Waals surface area contributed by atoms with E-state index in [1.807, 2.05) is 42.5 Å². The molecule has 0 radical (unpaired) electrons. The molecule has 3 aromatic rings. The van der Waals surface area contributed by atoms with Gasteiger partial charge in [0.25, 0.3) is 5.91 Å². The van der Waals surface area contributed by atoms with Gasteiger partial charge in [-0.2, -0.15) is 0 Å². The van der Waals surface area contributed by atoms with Crippen molar-refractivity contribution in [2.75, 3.05) is 14.2 Å². The maximum Gasteiger partial charge on any atom is 0.264 e. The Morgan fingerprint density at radius 2 is 1.62 bits per heavy atom. The van der Waals surface area contributed by atoms with E-state index in [4.69, 9.17) is 37.4 Å². The number of hydrogen-bond acceptors (Lipinski definition) is 6. The number of carbonyl (C=O) groups excluding carboxylic acids is 1. The first-order chi connectivity index (χ1) is 16.4. The van der Waals surface area contributed by atoms with Crippen molar-refractivity contribution in [3.63, 3.8) is 0 Å². The van der Waals surface area contributed by atoms with Crippen LogP contribution in [-0.2, 0) is 11.4 Å². The summed E-state index contributed by atoms with van der Waals surface area (Å²) in [6.07, 6.45) is 1.77. The Morgan fingerprint density at radius 1 is 0.912 bits per heavy atom. The first-order valence-corrected chi connectivity index (χ1v) is 11.7. The number of amides is 1. The van der Waals surface area contributed by atoms with E-state index in [0.29, 0.717) is 49.7 Å². The fourth-order valence-electron chi connectivity index (χ4n) is 3.13. The highest BCUT2D eigenvalue weighted by Gasteiger charge is 2.24. The van der Waals surface area contributed by atoms with Gasteiger partial charge in [0, 0.05) is 10.0 Å². The minimum Gasteiger partial charge on any atom is -0.494 e. The lowest BCUT2D eigenvalue weighted by atomic mass is 10.2. The Morgan fingerprint density at radius 3 is 2.35 bits per heavy atom. The highest BCUT2D eigenvalue weighted by Crippen LogP contribution is 2.35. The number of nitrogens with one attached hydrogen (secondary N) is 1. The molecule has 0 atom stereocenters. The summed E-state index contributed by atoms with van der Waals surface area (Å²) >= 11 is 13.2. The molecule has 3 aromatic carbocycles. The van der Waals surface area contributed by atoms with Crippen LogP contribution >= 0.6 is 35.0 Å². The van der Waals surface area contributed by atoms with Crippen LogP contribution in [0.5, 0.6) is 17.2 Å². The summed E-state index contributed by atoms with van der Waals surface area (Å²) in [5.74, 6) is 1.47. The zero-order chi connectivity index (χ0) is 24.1. The van der Waals surface area contributed by atoms with Crippen molar-refractivity contribution >= 4 is 57.8 Å². The van der Waals surface area contributed by atoms with Crippen LogP contribution in [0.15, 0.2) is 70.6 Å². The molecule has 1 aliphatic rings. The van der Waals surface area contributed by atoms with Gasteiger partial charge in [-0.3, -0.25) is 4.79 Å². The normalized spacial score (nSPS) is 15.5. The zero-order valence-electron chi connectivity index (χ0n) is 18.3. The van der Waals surface area contributed by atoms with Crippen molar-refractivity contribution in [1.82, 2.24) is 5.32 Å². The fourth-order valence-corrected chi connectivity index (χ4v) is 4.25. The van der Waals surface area contributed by atoms with Crippen LogP contribution in [-0.4, -0.2) is 25.3 Å². The van der Waals surface area contributed by atoms with Gasteiger partial charge < -0.3 is 19.5 Å². The summed E-state index contributed by atoms with van der Waals surface area (Å²) in [5.41, 5.74) is 2.30. The van der Waals surface area contributed by atoms with E-state index in [2.05, 4.69) is 10.3 Å². The monoisotopic (exact) mass is 514 g/mol. The molecular formula is C25H20Cl2N2O4S. The molecule has 174 valence electrons. The first-order valence-electron chi connectivity index (χ1n) is 10.1. The highest BCUT2D eigenvalue weighted by molar-refractivity contribution is 8.18. The number of aliphatic imine (C=N–C) groups is 1. The number of benzene rings is 3. The molecule has 34 heavy (non-hydrogen) atoms. The number of halogens is 2. The van der Waals surface area contributed by atoms with Crippen molar-refractivity contribution in [1.29, 1.82) is 0 Å². The number of carbonyl (C=O) groups is 1. The molecule has 0 spiro atoms. The average molecular weight is 515 g/mol. The molecule has 9 heteroatoms. The summed E-state index contributed by atoms with van der Waals surface area (Å²) in [5, 5.41) is 4.40. The van der Waals surface area contributed by atoms with E-state index < -0.39 is 0 Å². The van der Waals surface area contributed by atoms with E-state index in [1.54, 1.807) is 38.5 Å². The molecule has 1 heterocycles. The molecule has 1 aliphatic heterocycles. The van der Waals surface area contributed by atoms with Gasteiger partial charge in [-0.25, -0.2) is 4.99 Å². The number of hydrogen-bond donors (Lipinski definition) is 1. The molecule has 0 bridgehead atoms. The molecule has 1 N–H and O–H groups in total. The third kappa shape index (κ3) is 5.86. The van der Waals surface area contributed by atoms with Crippen LogP contribution in [0.1, 0.15) is 11.1 Å². The Kier molecular flexibility index (Phi) is 7.67. The summed E-state index contributed by atoms with van der Waals surface area (Å²) in [7, 11) is 3.12. The molecule has 0 aliphatic carbocycles. The number of ether oxygens (including phenoxy) is 3. The Labute approximate surface area is 211 Å². The van der Waals surface area contributed by atoms with Gasteiger partial charge in [0.05, 0.1) is 19.1 Å². The number of methoxy groups -OCH3 is 2. The second kappa shape index (κ2) is 10.9. The Bertz CT molecular complexity index is 1280. The number of nitrogens with zero attached hydrogens (tertiary/aromatic N) is 1. The van der Waals surface area contributed by atoms with Gasteiger partial charge >= 0.3 is 0 Å². The first kappa shape index (κ1) is 24.0. The largest absolute Gasteiger partial charge is 0.494 e. The quantitative estimate of drug-likeness (QED) is 0.365. The third-order valence-electron chi connectivity index (χ3n) is 4.81. The number of rotatable bonds is 7. The lowest BCUT2D eigenvalue weighted by molar-refractivity contribution is -0.115. The van der Waals surface area contributed by atoms with Crippen molar-refractivity contribution in [3.05, 3.63) is 86.7 Å². The molecule has 0 saturated carbocycles. The van der Waals surface area contributed by atoms with E-state index >= 15 is 0 Å². The molecule has 4 rings (SSSR count). The number of amidine groups is 1. The fraction of sp³-hybridized carbons (Fsp3) is 0.120. The van der Waals surface area contributed by atoms with E-state index in [0.717, 1.165) is 11.1 Å². The SMILES string of the molecule is COc1ccc(Cl)cc1N=C1NC(=O)/C(=C/c2ccc(OCc3ccc(Cl)cc3)c(OC)c2)S1. The Hall–Kier alpha value is -3.13. The average Bonchev–Trinajstić information content (AvgIpc) is 3.17. The lowest BCUT2D eigenvalue weighted by Crippen LogP contribution is -2.19. The highest BCUT2D eigenvalue weighted by atomic mass is 35.5. The van der Waals surface area contributed by atoms with E-state index in [9.17, 15) is 4.79 Å². The van der Waals surface area contributed by atoms with Crippen LogP contribution in [0.25, 0.3) is 6.08 Å². The standard InChI is InChI=1S/C25H20Cl2N2O4S/c1-31-20-10-8-18(27)13-19(20)28-25-29-24(30)23(34-25)12-16-5-9-21(22(11-16)32-2)33-14-15-3-6-17(26)7-4-15/h3-13H,14H2,1-2H3,(H,28,29,30)/b23-12-. The summed E-state index contributed by atoms with van der Waals surface area (Å²) in [4.78, 5) is 17.5. The smallest absolute Gasteiger partial charge is 0.264 e. The minimum absolute atomic E-state index is 0.244. The molecule has 0 aromatic heterocycles. The predicted octanol–water partition coefficient (Wildman–Crippen LogP) is 6.48. The Balaban J connectivity index is 1.50. The van der Waals surface area contributed by atoms with Crippen LogP contribution in [0.3, 0.4) is 0 Å². The van der Waals surface area contributed by atoms with Gasteiger partial charge in [-0.1, -0.05) is 41.4 Å². The molecule has 1 saturated heterocycles. The maximum absolute atomic E-state index is 12.5. The molecule has 6 nitrogen and oxygen atoms in total. The van der Waals surface area contributed by atoms with E-state index in [-0.39, 0.29) is 5.91 Å². The third-order valence-corrected chi connectivity index (χ3v) is 6.20. The summed E-state index contributed by atoms with van der Waals surface area (Å²) in [6.45, 7) is 0.374. The van der Waals surface area contributed by atoms with Gasteiger partial charge in [-0.05, 0) is 71.4 Å². The second-order valence-corrected chi connectivity index (χ2v) is 9.03. The van der Waals surface area contributed by atoms with E-state index in [1.165, 1.54) is 11.8 Å². The van der Waals surface area contributed by atoms with Gasteiger partial charge in [0.15, 0.2) is 16.7 Å². The summed E-state index contributed by atoms with van der Waals surface area (Å²) < 4.78 is 16.7. The lowest BCUT2D eigenvalue weighted by Gasteiger charge is -2.11. The van der Waals surface area contributed by atoms with Crippen LogP contribution < -0.4 is 19.5 Å². The topological polar surface area (TPSA) is 69.2 Å². The molecule has 1 amide bonds. The minimum atomic E-state index is -0.244. The van der Waals surface area contributed by atoms with Gasteiger partial charge in [0.1, 0.15) is 18.0 Å². The second-order valence-electron chi connectivity index (χ2n) is 7.12. The maximum atomic E-state index is 12.5.